The van der Waals surface area contributed by atoms with Gasteiger partial charge >= 0.3 is 0 Å². The van der Waals surface area contributed by atoms with Gasteiger partial charge in [-0.15, -0.1) is 0 Å². The number of hydrogen-bond acceptors (Lipinski definition) is 5. The first kappa shape index (κ1) is 21.9. The van der Waals surface area contributed by atoms with Crippen LogP contribution < -0.4 is 4.74 Å². The Bertz CT molecular complexity index is 1060. The number of fused-ring (bicyclic) bond motifs is 2. The van der Waals surface area contributed by atoms with Crippen LogP contribution in [0.15, 0.2) is 12.1 Å². The Morgan fingerprint density at radius 1 is 1.15 bits per heavy atom. The van der Waals surface area contributed by atoms with E-state index < -0.39 is 11.2 Å². The van der Waals surface area contributed by atoms with Crippen LogP contribution in [-0.2, 0) is 16.6 Å². The molecular formula is C29H41NO4. The molecule has 2 aliphatic heterocycles. The number of phenolic OH excluding ortho intramolecular Hbond substituents is 1. The Morgan fingerprint density at radius 2 is 1.91 bits per heavy atom. The zero-order chi connectivity index (χ0) is 23.9. The molecule has 5 aliphatic carbocycles. The highest BCUT2D eigenvalue weighted by atomic mass is 16.6. The van der Waals surface area contributed by atoms with Crippen molar-refractivity contribution in [2.45, 2.75) is 101 Å². The largest absolute Gasteiger partial charge is 0.504 e. The third-order valence-corrected chi connectivity index (χ3v) is 11.9. The van der Waals surface area contributed by atoms with Crippen molar-refractivity contribution in [1.29, 1.82) is 0 Å². The van der Waals surface area contributed by atoms with E-state index in [1.54, 1.807) is 0 Å². The van der Waals surface area contributed by atoms with Gasteiger partial charge in [-0.25, -0.2) is 0 Å². The molecule has 8 rings (SSSR count). The number of piperidine rings is 1. The SMILES string of the molecule is CO[C@]12CC[C@@]3(C[C@@H]1[C@](C)(O)C(C)(C)C)C1Cc4ccc(O)c5c4C3(CCN1CC1CC1)[C@H]2O5. The highest BCUT2D eigenvalue weighted by molar-refractivity contribution is 5.63. The quantitative estimate of drug-likeness (QED) is 0.687. The lowest BCUT2D eigenvalue weighted by Gasteiger charge is -2.75. The normalized spacial score (nSPS) is 43.9. The van der Waals surface area contributed by atoms with E-state index in [0.29, 0.717) is 11.8 Å². The van der Waals surface area contributed by atoms with E-state index in [9.17, 15) is 10.2 Å². The van der Waals surface area contributed by atoms with Crippen molar-refractivity contribution in [2.75, 3.05) is 20.2 Å². The topological polar surface area (TPSA) is 62.2 Å². The summed E-state index contributed by atoms with van der Waals surface area (Å²) in [6.07, 6.45) is 7.64. The number of likely N-dealkylation sites (tertiary alicyclic amines) is 1. The minimum atomic E-state index is -0.909. The van der Waals surface area contributed by atoms with Gasteiger partial charge in [0.25, 0.3) is 0 Å². The van der Waals surface area contributed by atoms with E-state index in [1.807, 2.05) is 20.1 Å². The van der Waals surface area contributed by atoms with E-state index in [1.165, 1.54) is 30.5 Å². The van der Waals surface area contributed by atoms with E-state index >= 15 is 0 Å². The first-order valence-electron chi connectivity index (χ1n) is 13.6. The maximum Gasteiger partial charge on any atom is 0.165 e. The zero-order valence-corrected chi connectivity index (χ0v) is 21.5. The van der Waals surface area contributed by atoms with Crippen molar-refractivity contribution >= 4 is 0 Å². The lowest BCUT2D eigenvalue weighted by atomic mass is 9.33. The molecule has 0 amide bonds. The second-order valence-corrected chi connectivity index (χ2v) is 13.8. The molecule has 1 aromatic rings. The summed E-state index contributed by atoms with van der Waals surface area (Å²) in [7, 11) is 1.83. The Hall–Kier alpha value is -1.30. The fraction of sp³-hybridized carbons (Fsp3) is 0.793. The fourth-order valence-corrected chi connectivity index (χ4v) is 9.58. The van der Waals surface area contributed by atoms with Crippen LogP contribution in [0.4, 0.5) is 0 Å². The molecule has 7 aliphatic rings. The zero-order valence-electron chi connectivity index (χ0n) is 21.5. The second-order valence-electron chi connectivity index (χ2n) is 13.8. The highest BCUT2D eigenvalue weighted by Crippen LogP contribution is 2.78. The van der Waals surface area contributed by atoms with Gasteiger partial charge in [0.05, 0.1) is 5.60 Å². The first-order chi connectivity index (χ1) is 16.0. The van der Waals surface area contributed by atoms with Crippen molar-refractivity contribution < 1.29 is 19.7 Å². The van der Waals surface area contributed by atoms with Gasteiger partial charge in [-0.2, -0.15) is 0 Å². The minimum Gasteiger partial charge on any atom is -0.504 e. The van der Waals surface area contributed by atoms with Gasteiger partial charge in [0.15, 0.2) is 11.5 Å². The Kier molecular flexibility index (Phi) is 4.08. The minimum absolute atomic E-state index is 0.0294. The molecule has 2 N–H and O–H groups in total. The summed E-state index contributed by atoms with van der Waals surface area (Å²) in [5.74, 6) is 1.80. The molecule has 34 heavy (non-hydrogen) atoms. The van der Waals surface area contributed by atoms with Crippen LogP contribution in [0.3, 0.4) is 0 Å². The van der Waals surface area contributed by atoms with Crippen molar-refractivity contribution in [3.63, 3.8) is 0 Å². The van der Waals surface area contributed by atoms with Crippen LogP contribution in [0.1, 0.15) is 77.3 Å². The highest BCUT2D eigenvalue weighted by Gasteiger charge is 2.82. The number of phenols is 1. The average molecular weight is 468 g/mol. The van der Waals surface area contributed by atoms with Gasteiger partial charge in [0.1, 0.15) is 11.7 Å². The number of benzene rings is 1. The van der Waals surface area contributed by atoms with Gasteiger partial charge < -0.3 is 19.7 Å². The number of aliphatic hydroxyl groups is 1. The van der Waals surface area contributed by atoms with Crippen molar-refractivity contribution in [3.8, 4) is 11.5 Å². The molecule has 5 fully saturated rings. The van der Waals surface area contributed by atoms with Crippen LogP contribution >= 0.6 is 0 Å². The number of ether oxygens (including phenoxy) is 2. The molecule has 5 nitrogen and oxygen atoms in total. The molecule has 1 saturated heterocycles. The molecule has 1 aromatic carbocycles. The summed E-state index contributed by atoms with van der Waals surface area (Å²) < 4.78 is 13.5. The molecule has 2 heterocycles. The lowest BCUT2D eigenvalue weighted by Crippen LogP contribution is -2.83. The molecule has 2 unspecified atom stereocenters. The smallest absolute Gasteiger partial charge is 0.165 e. The number of rotatable bonds is 4. The summed E-state index contributed by atoms with van der Waals surface area (Å²) in [4.78, 5) is 2.82. The summed E-state index contributed by atoms with van der Waals surface area (Å²) in [5.41, 5.74) is 0.783. The predicted molar refractivity (Wildman–Crippen MR) is 130 cm³/mol. The molecule has 0 aromatic heterocycles. The first-order valence-corrected chi connectivity index (χ1v) is 13.6. The van der Waals surface area contributed by atoms with Crippen molar-refractivity contribution in [1.82, 2.24) is 4.90 Å². The van der Waals surface area contributed by atoms with E-state index in [2.05, 4.69) is 31.7 Å². The molecule has 4 saturated carbocycles. The average Bonchev–Trinajstić information content (AvgIpc) is 3.53. The Labute approximate surface area is 203 Å². The van der Waals surface area contributed by atoms with Crippen molar-refractivity contribution in [3.05, 3.63) is 23.3 Å². The van der Waals surface area contributed by atoms with Gasteiger partial charge in [0, 0.05) is 42.0 Å². The van der Waals surface area contributed by atoms with Crippen LogP contribution in [0.25, 0.3) is 0 Å². The van der Waals surface area contributed by atoms with Gasteiger partial charge in [-0.1, -0.05) is 26.8 Å². The molecule has 2 spiro atoms. The van der Waals surface area contributed by atoms with E-state index in [-0.39, 0.29) is 34.0 Å². The van der Waals surface area contributed by atoms with Crippen LogP contribution in [0.2, 0.25) is 0 Å². The monoisotopic (exact) mass is 467 g/mol. The summed E-state index contributed by atoms with van der Waals surface area (Å²) in [5, 5.41) is 23.2. The summed E-state index contributed by atoms with van der Waals surface area (Å²) >= 11 is 0. The third kappa shape index (κ3) is 2.25. The third-order valence-electron chi connectivity index (χ3n) is 11.9. The van der Waals surface area contributed by atoms with Crippen LogP contribution in [0, 0.1) is 22.7 Å². The van der Waals surface area contributed by atoms with Gasteiger partial charge in [0.2, 0.25) is 0 Å². The molecule has 0 radical (unpaired) electrons. The maximum absolute atomic E-state index is 12.2. The predicted octanol–water partition coefficient (Wildman–Crippen LogP) is 4.41. The van der Waals surface area contributed by atoms with E-state index in [0.717, 1.165) is 44.6 Å². The lowest BCUT2D eigenvalue weighted by molar-refractivity contribution is -0.312. The molecular weight excluding hydrogens is 426 g/mol. The van der Waals surface area contributed by atoms with Gasteiger partial charge in [-0.3, -0.25) is 4.90 Å². The van der Waals surface area contributed by atoms with Crippen LogP contribution in [0.5, 0.6) is 11.5 Å². The standard InChI is InChI=1S/C29H41NO4/c1-25(2,3)26(4,32)20-15-27-10-11-29(20,33-5)24-28(27)12-13-30(16-17-6-7-17)21(27)14-18-8-9-19(31)23(34-24)22(18)28/h8-9,17,20-21,24,31-32H,6-7,10-16H2,1-5H3/t20-,21?,24-,26+,27-,28?,29-/m1/s1. The van der Waals surface area contributed by atoms with Crippen molar-refractivity contribution in [2.24, 2.45) is 22.7 Å². The van der Waals surface area contributed by atoms with E-state index in [4.69, 9.17) is 9.47 Å². The molecule has 5 heteroatoms. The Morgan fingerprint density at radius 3 is 2.59 bits per heavy atom. The fourth-order valence-electron chi connectivity index (χ4n) is 9.58. The summed E-state index contributed by atoms with van der Waals surface area (Å²) in [6, 6.07) is 4.46. The number of nitrogens with zero attached hydrogens (tertiary/aromatic N) is 1. The number of methoxy groups -OCH3 is 1. The van der Waals surface area contributed by atoms with Gasteiger partial charge in [-0.05, 0) is 81.4 Å². The Balaban J connectivity index is 1.47. The second kappa shape index (κ2) is 6.33. The molecule has 7 atom stereocenters. The molecule has 4 bridgehead atoms. The van der Waals surface area contributed by atoms with Crippen LogP contribution in [-0.4, -0.2) is 58.7 Å². The molecule has 186 valence electrons. The number of hydrogen-bond donors (Lipinski definition) is 2. The number of aromatic hydroxyl groups is 1. The summed E-state index contributed by atoms with van der Waals surface area (Å²) in [6.45, 7) is 10.8. The maximum atomic E-state index is 12.2.